The molecule has 0 radical (unpaired) electrons. The van der Waals surface area contributed by atoms with Crippen LogP contribution in [0.2, 0.25) is 0 Å². The van der Waals surface area contributed by atoms with Crippen LogP contribution in [0.1, 0.15) is 54.4 Å². The Kier molecular flexibility index (Phi) is 5.38. The van der Waals surface area contributed by atoms with Gasteiger partial charge in [-0.1, -0.05) is 19.1 Å². The van der Waals surface area contributed by atoms with Crippen LogP contribution in [0.5, 0.6) is 5.75 Å². The number of fused-ring (bicyclic) bond motifs is 3. The molecular formula is C24H27N3O2. The van der Waals surface area contributed by atoms with Gasteiger partial charge in [0.25, 0.3) is 5.91 Å². The summed E-state index contributed by atoms with van der Waals surface area (Å²) in [5, 5.41) is 5.27. The van der Waals surface area contributed by atoms with Crippen molar-refractivity contribution in [3.05, 3.63) is 64.8 Å². The largest absolute Gasteiger partial charge is 0.491 e. The van der Waals surface area contributed by atoms with Crippen LogP contribution in [0, 0.1) is 5.92 Å². The molecule has 1 heterocycles. The molecule has 1 aliphatic rings. The first-order valence-corrected chi connectivity index (χ1v) is 10.2. The molecule has 0 saturated heterocycles. The van der Waals surface area contributed by atoms with Crippen molar-refractivity contribution in [3.63, 3.8) is 0 Å². The van der Waals surface area contributed by atoms with Gasteiger partial charge in [-0.05, 0) is 80.5 Å². The minimum absolute atomic E-state index is 0.110. The zero-order chi connectivity index (χ0) is 20.4. The van der Waals surface area contributed by atoms with Crippen LogP contribution in [0.25, 0.3) is 10.9 Å². The zero-order valence-corrected chi connectivity index (χ0v) is 17.2. The number of aromatic nitrogens is 1. The molecule has 1 unspecified atom stereocenters. The standard InChI is InChI=1S/C24H27N3O2/c1-15(2)29-19-6-4-5-17(12-19)14-25-27-24(28)18-8-10-23-21(13-18)20-11-16(3)7-9-22(20)26-23/h4-6,8,10,12-16,26H,7,9,11H2,1-3H3,(H,27,28)/b25-14-. The van der Waals surface area contributed by atoms with Crippen molar-refractivity contribution in [2.45, 2.75) is 46.1 Å². The van der Waals surface area contributed by atoms with E-state index in [1.807, 2.05) is 56.3 Å². The Morgan fingerprint density at radius 3 is 2.97 bits per heavy atom. The summed E-state index contributed by atoms with van der Waals surface area (Å²) in [5.41, 5.74) is 7.90. The molecule has 0 saturated carbocycles. The Hall–Kier alpha value is -3.08. The zero-order valence-electron chi connectivity index (χ0n) is 17.2. The fourth-order valence-corrected chi connectivity index (χ4v) is 3.90. The molecule has 150 valence electrons. The number of hydrazone groups is 1. The number of aromatic amines is 1. The summed E-state index contributed by atoms with van der Waals surface area (Å²) < 4.78 is 5.69. The van der Waals surface area contributed by atoms with Crippen molar-refractivity contribution in [1.82, 2.24) is 10.4 Å². The van der Waals surface area contributed by atoms with Gasteiger partial charge in [-0.2, -0.15) is 5.10 Å². The second-order valence-corrected chi connectivity index (χ2v) is 8.13. The third kappa shape index (κ3) is 4.34. The van der Waals surface area contributed by atoms with Crippen LogP contribution < -0.4 is 10.2 Å². The van der Waals surface area contributed by atoms with E-state index in [1.54, 1.807) is 6.21 Å². The van der Waals surface area contributed by atoms with Gasteiger partial charge >= 0.3 is 0 Å². The number of H-pyrrole nitrogens is 1. The fourth-order valence-electron chi connectivity index (χ4n) is 3.90. The predicted octanol–water partition coefficient (Wildman–Crippen LogP) is 4.84. The highest BCUT2D eigenvalue weighted by atomic mass is 16.5. The molecular weight excluding hydrogens is 362 g/mol. The number of hydrogen-bond acceptors (Lipinski definition) is 3. The second kappa shape index (κ2) is 8.11. The van der Waals surface area contributed by atoms with Crippen molar-refractivity contribution in [2.75, 3.05) is 0 Å². The summed E-state index contributed by atoms with van der Waals surface area (Å²) in [6.45, 7) is 6.26. The third-order valence-corrected chi connectivity index (χ3v) is 5.31. The molecule has 0 fully saturated rings. The number of ether oxygens (including phenoxy) is 1. The third-order valence-electron chi connectivity index (χ3n) is 5.31. The van der Waals surface area contributed by atoms with Gasteiger partial charge in [0, 0.05) is 22.2 Å². The molecule has 1 atom stereocenters. The number of carbonyl (C=O) groups excluding carboxylic acids is 1. The quantitative estimate of drug-likeness (QED) is 0.484. The molecule has 29 heavy (non-hydrogen) atoms. The van der Waals surface area contributed by atoms with Crippen LogP contribution in [0.15, 0.2) is 47.6 Å². The molecule has 1 aliphatic carbocycles. The van der Waals surface area contributed by atoms with Crippen molar-refractivity contribution >= 4 is 23.0 Å². The summed E-state index contributed by atoms with van der Waals surface area (Å²) in [6.07, 6.45) is 5.09. The van der Waals surface area contributed by atoms with E-state index >= 15 is 0 Å². The topological polar surface area (TPSA) is 66.5 Å². The molecule has 2 aromatic carbocycles. The van der Waals surface area contributed by atoms with Gasteiger partial charge in [-0.25, -0.2) is 5.43 Å². The minimum Gasteiger partial charge on any atom is -0.491 e. The summed E-state index contributed by atoms with van der Waals surface area (Å²) in [7, 11) is 0. The lowest BCUT2D eigenvalue weighted by molar-refractivity contribution is 0.0955. The average molecular weight is 389 g/mol. The van der Waals surface area contributed by atoms with E-state index in [0.29, 0.717) is 11.5 Å². The lowest BCUT2D eigenvalue weighted by Crippen LogP contribution is -2.17. The monoisotopic (exact) mass is 389 g/mol. The van der Waals surface area contributed by atoms with E-state index in [0.717, 1.165) is 35.1 Å². The van der Waals surface area contributed by atoms with Crippen molar-refractivity contribution < 1.29 is 9.53 Å². The molecule has 0 aliphatic heterocycles. The highest BCUT2D eigenvalue weighted by Gasteiger charge is 2.20. The van der Waals surface area contributed by atoms with Gasteiger partial charge < -0.3 is 9.72 Å². The molecule has 2 N–H and O–H groups in total. The lowest BCUT2D eigenvalue weighted by atomic mass is 9.87. The van der Waals surface area contributed by atoms with Gasteiger partial charge in [0.15, 0.2) is 0 Å². The highest BCUT2D eigenvalue weighted by molar-refractivity contribution is 5.99. The minimum atomic E-state index is -0.212. The normalized spacial score (nSPS) is 16.3. The molecule has 1 aromatic heterocycles. The van der Waals surface area contributed by atoms with E-state index < -0.39 is 0 Å². The molecule has 3 aromatic rings. The molecule has 0 bridgehead atoms. The lowest BCUT2D eigenvalue weighted by Gasteiger charge is -2.18. The number of benzene rings is 2. The van der Waals surface area contributed by atoms with E-state index in [-0.39, 0.29) is 12.0 Å². The number of hydrogen-bond donors (Lipinski definition) is 2. The van der Waals surface area contributed by atoms with Gasteiger partial charge in [0.1, 0.15) is 5.75 Å². The van der Waals surface area contributed by atoms with Gasteiger partial charge in [0.2, 0.25) is 0 Å². The van der Waals surface area contributed by atoms with Crippen molar-refractivity contribution in [1.29, 1.82) is 0 Å². The summed E-state index contributed by atoms with van der Waals surface area (Å²) >= 11 is 0. The molecule has 1 amide bonds. The molecule has 4 rings (SSSR count). The maximum Gasteiger partial charge on any atom is 0.271 e. The highest BCUT2D eigenvalue weighted by Crippen LogP contribution is 2.32. The first kappa shape index (κ1) is 19.2. The Labute approximate surface area is 171 Å². The Morgan fingerprint density at radius 1 is 1.28 bits per heavy atom. The Balaban J connectivity index is 1.48. The van der Waals surface area contributed by atoms with E-state index in [9.17, 15) is 4.79 Å². The predicted molar refractivity (Wildman–Crippen MR) is 117 cm³/mol. The van der Waals surface area contributed by atoms with Gasteiger partial charge in [-0.3, -0.25) is 4.79 Å². The maximum atomic E-state index is 12.6. The number of amides is 1. The van der Waals surface area contributed by atoms with E-state index in [4.69, 9.17) is 4.74 Å². The smallest absolute Gasteiger partial charge is 0.271 e. The van der Waals surface area contributed by atoms with E-state index in [1.165, 1.54) is 17.7 Å². The van der Waals surface area contributed by atoms with E-state index in [2.05, 4.69) is 22.4 Å². The molecule has 5 nitrogen and oxygen atoms in total. The number of carbonyl (C=O) groups is 1. The van der Waals surface area contributed by atoms with Crippen LogP contribution in [-0.2, 0) is 12.8 Å². The first-order chi connectivity index (χ1) is 14.0. The average Bonchev–Trinajstić information content (AvgIpc) is 3.05. The number of aryl methyl sites for hydroxylation is 1. The number of rotatable bonds is 5. The first-order valence-electron chi connectivity index (χ1n) is 10.2. The van der Waals surface area contributed by atoms with Gasteiger partial charge in [0.05, 0.1) is 12.3 Å². The van der Waals surface area contributed by atoms with Crippen LogP contribution in [0.3, 0.4) is 0 Å². The number of nitrogens with one attached hydrogen (secondary N) is 2. The summed E-state index contributed by atoms with van der Waals surface area (Å²) in [6, 6.07) is 13.4. The van der Waals surface area contributed by atoms with Crippen LogP contribution in [-0.4, -0.2) is 23.2 Å². The van der Waals surface area contributed by atoms with Crippen LogP contribution in [0.4, 0.5) is 0 Å². The number of nitrogens with zero attached hydrogens (tertiary/aromatic N) is 1. The summed E-state index contributed by atoms with van der Waals surface area (Å²) in [4.78, 5) is 16.1. The van der Waals surface area contributed by atoms with Crippen LogP contribution >= 0.6 is 0 Å². The second-order valence-electron chi connectivity index (χ2n) is 8.13. The fraction of sp³-hybridized carbons (Fsp3) is 0.333. The van der Waals surface area contributed by atoms with Crippen molar-refractivity contribution in [3.8, 4) is 5.75 Å². The SMILES string of the molecule is CC1CCc2[nH]c3ccc(C(=O)N/N=C\c4cccc(OC(C)C)c4)cc3c2C1. The Bertz CT molecular complexity index is 1070. The maximum absolute atomic E-state index is 12.6. The molecule has 0 spiro atoms. The Morgan fingerprint density at radius 2 is 2.14 bits per heavy atom. The molecule has 5 heteroatoms. The summed E-state index contributed by atoms with van der Waals surface area (Å²) in [5.74, 6) is 1.25. The van der Waals surface area contributed by atoms with Gasteiger partial charge in [-0.15, -0.1) is 0 Å². The van der Waals surface area contributed by atoms with Crippen molar-refractivity contribution in [2.24, 2.45) is 11.0 Å².